The second kappa shape index (κ2) is 5.34. The number of hydrogen-bond donors (Lipinski definition) is 2. The van der Waals surface area contributed by atoms with Crippen LogP contribution in [0.4, 0.5) is 10.5 Å². The van der Waals surface area contributed by atoms with Crippen molar-refractivity contribution in [3.8, 4) is 0 Å². The lowest BCUT2D eigenvalue weighted by molar-refractivity contribution is -0.119. The highest BCUT2D eigenvalue weighted by atomic mass is 16.5. The zero-order valence-corrected chi connectivity index (χ0v) is 9.31. The van der Waals surface area contributed by atoms with Crippen molar-refractivity contribution in [1.82, 2.24) is 5.32 Å². The molecular formula is C12H14N2O3. The Labute approximate surface area is 99.2 Å². The van der Waals surface area contributed by atoms with E-state index < -0.39 is 6.09 Å². The first-order valence-corrected chi connectivity index (χ1v) is 5.49. The van der Waals surface area contributed by atoms with E-state index in [4.69, 9.17) is 4.74 Å². The van der Waals surface area contributed by atoms with Gasteiger partial charge < -0.3 is 10.1 Å². The highest BCUT2D eigenvalue weighted by Crippen LogP contribution is 2.10. The number of ether oxygens (including phenoxy) is 1. The molecular weight excluding hydrogens is 220 g/mol. The molecule has 0 spiro atoms. The van der Waals surface area contributed by atoms with Crippen LogP contribution in [0.3, 0.4) is 0 Å². The van der Waals surface area contributed by atoms with Gasteiger partial charge in [-0.05, 0) is 12.1 Å². The second-order valence-electron chi connectivity index (χ2n) is 3.96. The van der Waals surface area contributed by atoms with Crippen LogP contribution in [0.2, 0.25) is 0 Å². The first-order valence-electron chi connectivity index (χ1n) is 5.49. The third-order valence-corrected chi connectivity index (χ3v) is 2.53. The molecule has 0 saturated carbocycles. The summed E-state index contributed by atoms with van der Waals surface area (Å²) in [7, 11) is 0. The largest absolute Gasteiger partial charge is 0.449 e. The minimum atomic E-state index is -0.490. The Kier molecular flexibility index (Phi) is 3.59. The molecule has 2 rings (SSSR count). The third-order valence-electron chi connectivity index (χ3n) is 2.53. The average molecular weight is 234 g/mol. The summed E-state index contributed by atoms with van der Waals surface area (Å²) < 4.78 is 5.04. The molecule has 1 unspecified atom stereocenters. The van der Waals surface area contributed by atoms with E-state index in [1.54, 1.807) is 12.1 Å². The molecule has 1 atom stereocenters. The molecule has 2 N–H and O–H groups in total. The fourth-order valence-electron chi connectivity index (χ4n) is 1.65. The predicted molar refractivity (Wildman–Crippen MR) is 62.5 cm³/mol. The van der Waals surface area contributed by atoms with Crippen molar-refractivity contribution < 1.29 is 14.3 Å². The Balaban J connectivity index is 1.73. The van der Waals surface area contributed by atoms with Crippen LogP contribution in [-0.2, 0) is 9.53 Å². The summed E-state index contributed by atoms with van der Waals surface area (Å²) in [5.74, 6) is 0.103. The molecule has 0 bridgehead atoms. The fourth-order valence-corrected chi connectivity index (χ4v) is 1.65. The van der Waals surface area contributed by atoms with Gasteiger partial charge >= 0.3 is 6.09 Å². The maximum Gasteiger partial charge on any atom is 0.411 e. The van der Waals surface area contributed by atoms with Gasteiger partial charge in [-0.15, -0.1) is 0 Å². The minimum Gasteiger partial charge on any atom is -0.449 e. The van der Waals surface area contributed by atoms with Crippen molar-refractivity contribution in [2.75, 3.05) is 18.5 Å². The molecule has 90 valence electrons. The van der Waals surface area contributed by atoms with Crippen molar-refractivity contribution in [2.45, 2.75) is 6.42 Å². The molecule has 0 radical (unpaired) electrons. The van der Waals surface area contributed by atoms with Crippen molar-refractivity contribution in [1.29, 1.82) is 0 Å². The van der Waals surface area contributed by atoms with E-state index in [1.807, 2.05) is 18.2 Å². The lowest BCUT2D eigenvalue weighted by Gasteiger charge is -2.09. The van der Waals surface area contributed by atoms with Crippen LogP contribution < -0.4 is 10.6 Å². The van der Waals surface area contributed by atoms with E-state index >= 15 is 0 Å². The number of benzene rings is 1. The molecule has 0 aliphatic carbocycles. The molecule has 1 saturated heterocycles. The zero-order chi connectivity index (χ0) is 12.1. The van der Waals surface area contributed by atoms with Crippen LogP contribution in [0.1, 0.15) is 6.42 Å². The topological polar surface area (TPSA) is 67.4 Å². The van der Waals surface area contributed by atoms with E-state index in [1.165, 1.54) is 0 Å². The minimum absolute atomic E-state index is 0.0158. The van der Waals surface area contributed by atoms with Gasteiger partial charge in [0.1, 0.15) is 0 Å². The van der Waals surface area contributed by atoms with E-state index in [9.17, 15) is 9.59 Å². The van der Waals surface area contributed by atoms with E-state index in [2.05, 4.69) is 10.6 Å². The summed E-state index contributed by atoms with van der Waals surface area (Å²) in [6, 6.07) is 9.08. The van der Waals surface area contributed by atoms with Gasteiger partial charge in [-0.25, -0.2) is 4.79 Å². The highest BCUT2D eigenvalue weighted by molar-refractivity contribution is 5.84. The molecule has 1 aromatic carbocycles. The summed E-state index contributed by atoms with van der Waals surface area (Å²) in [6.45, 7) is 0.842. The molecule has 2 amide bonds. The van der Waals surface area contributed by atoms with Gasteiger partial charge in [0.25, 0.3) is 0 Å². The quantitative estimate of drug-likeness (QED) is 0.830. The van der Waals surface area contributed by atoms with Gasteiger partial charge in [0.05, 0.1) is 6.61 Å². The SMILES string of the molecule is O=C1CC(COC(=O)Nc2ccccc2)CN1. The Bertz CT molecular complexity index is 405. The molecule has 1 fully saturated rings. The Morgan fingerprint density at radius 3 is 2.82 bits per heavy atom. The molecule has 5 heteroatoms. The normalized spacial score (nSPS) is 18.6. The molecule has 1 aliphatic rings. The summed E-state index contributed by atoms with van der Waals surface area (Å²) in [5.41, 5.74) is 0.693. The molecule has 1 aromatic rings. The van der Waals surface area contributed by atoms with Gasteiger partial charge in [-0.3, -0.25) is 10.1 Å². The van der Waals surface area contributed by atoms with E-state index in [0.717, 1.165) is 0 Å². The number of rotatable bonds is 3. The maximum absolute atomic E-state index is 11.4. The van der Waals surface area contributed by atoms with Crippen LogP contribution in [0, 0.1) is 5.92 Å². The van der Waals surface area contributed by atoms with Crippen LogP contribution in [-0.4, -0.2) is 25.2 Å². The Morgan fingerprint density at radius 2 is 2.18 bits per heavy atom. The zero-order valence-electron chi connectivity index (χ0n) is 9.31. The molecule has 17 heavy (non-hydrogen) atoms. The van der Waals surface area contributed by atoms with Crippen LogP contribution in [0.25, 0.3) is 0 Å². The van der Waals surface area contributed by atoms with Crippen LogP contribution in [0.15, 0.2) is 30.3 Å². The molecule has 0 aromatic heterocycles. The lowest BCUT2D eigenvalue weighted by Crippen LogP contribution is -2.20. The van der Waals surface area contributed by atoms with E-state index in [-0.39, 0.29) is 18.4 Å². The number of carbonyl (C=O) groups is 2. The van der Waals surface area contributed by atoms with Gasteiger partial charge in [0.2, 0.25) is 5.91 Å². The van der Waals surface area contributed by atoms with Gasteiger partial charge in [-0.1, -0.05) is 18.2 Å². The summed E-state index contributed by atoms with van der Waals surface area (Å²) in [5, 5.41) is 5.30. The molecule has 5 nitrogen and oxygen atoms in total. The Morgan fingerprint density at radius 1 is 1.41 bits per heavy atom. The highest BCUT2D eigenvalue weighted by Gasteiger charge is 2.22. The first kappa shape index (κ1) is 11.4. The number of anilines is 1. The average Bonchev–Trinajstić information content (AvgIpc) is 2.74. The second-order valence-corrected chi connectivity index (χ2v) is 3.96. The monoisotopic (exact) mass is 234 g/mol. The fraction of sp³-hybridized carbons (Fsp3) is 0.333. The number of para-hydroxylation sites is 1. The Hall–Kier alpha value is -2.04. The summed E-state index contributed by atoms with van der Waals surface area (Å²) in [4.78, 5) is 22.3. The number of carbonyl (C=O) groups excluding carboxylic acids is 2. The van der Waals surface area contributed by atoms with Crippen LogP contribution >= 0.6 is 0 Å². The lowest BCUT2D eigenvalue weighted by atomic mass is 10.1. The number of amides is 2. The molecule has 1 heterocycles. The van der Waals surface area contributed by atoms with Crippen LogP contribution in [0.5, 0.6) is 0 Å². The van der Waals surface area contributed by atoms with Crippen molar-refractivity contribution in [3.05, 3.63) is 30.3 Å². The van der Waals surface area contributed by atoms with Gasteiger partial charge in [0, 0.05) is 24.6 Å². The third kappa shape index (κ3) is 3.48. The summed E-state index contributed by atoms with van der Waals surface area (Å²) >= 11 is 0. The molecule has 1 aliphatic heterocycles. The van der Waals surface area contributed by atoms with Crippen molar-refractivity contribution >= 4 is 17.7 Å². The maximum atomic E-state index is 11.4. The standard InChI is InChI=1S/C12H14N2O3/c15-11-6-9(7-13-11)8-17-12(16)14-10-4-2-1-3-5-10/h1-5,9H,6-8H2,(H,13,15)(H,14,16). The van der Waals surface area contributed by atoms with E-state index in [0.29, 0.717) is 18.7 Å². The number of hydrogen-bond acceptors (Lipinski definition) is 3. The van der Waals surface area contributed by atoms with Gasteiger partial charge in [0.15, 0.2) is 0 Å². The van der Waals surface area contributed by atoms with Crippen molar-refractivity contribution in [2.24, 2.45) is 5.92 Å². The number of nitrogens with one attached hydrogen (secondary N) is 2. The summed E-state index contributed by atoms with van der Waals surface area (Å²) in [6.07, 6.45) is -0.0610. The smallest absolute Gasteiger partial charge is 0.411 e. The van der Waals surface area contributed by atoms with Crippen molar-refractivity contribution in [3.63, 3.8) is 0 Å². The first-order chi connectivity index (χ1) is 8.24. The predicted octanol–water partition coefficient (Wildman–Crippen LogP) is 1.37. The van der Waals surface area contributed by atoms with Gasteiger partial charge in [-0.2, -0.15) is 0 Å².